The van der Waals surface area contributed by atoms with E-state index in [2.05, 4.69) is 31.4 Å². The van der Waals surface area contributed by atoms with Crippen LogP contribution in [0.4, 0.5) is 11.4 Å². The summed E-state index contributed by atoms with van der Waals surface area (Å²) in [5, 5.41) is 19.6. The van der Waals surface area contributed by atoms with E-state index in [1.54, 1.807) is 0 Å². The quantitative estimate of drug-likeness (QED) is 0.655. The van der Waals surface area contributed by atoms with E-state index in [0.29, 0.717) is 10.2 Å². The molecule has 104 valence electrons. The van der Waals surface area contributed by atoms with Crippen LogP contribution >= 0.6 is 15.9 Å². The summed E-state index contributed by atoms with van der Waals surface area (Å²) in [7, 11) is 1.40. The van der Waals surface area contributed by atoms with Gasteiger partial charge in [0.25, 0.3) is 11.6 Å². The van der Waals surface area contributed by atoms with E-state index < -0.39 is 10.8 Å². The molecule has 2 N–H and O–H groups in total. The van der Waals surface area contributed by atoms with Crippen LogP contribution in [0.1, 0.15) is 10.5 Å². The van der Waals surface area contributed by atoms with Crippen LogP contribution in [0, 0.1) is 10.1 Å². The molecule has 20 heavy (non-hydrogen) atoms. The van der Waals surface area contributed by atoms with Crippen molar-refractivity contribution in [2.75, 3.05) is 12.4 Å². The average molecular weight is 341 g/mol. The Balaban J connectivity index is 2.32. The van der Waals surface area contributed by atoms with E-state index in [9.17, 15) is 14.9 Å². The van der Waals surface area contributed by atoms with Crippen LogP contribution in [0.25, 0.3) is 0 Å². The van der Waals surface area contributed by atoms with Crippen LogP contribution in [0.2, 0.25) is 0 Å². The van der Waals surface area contributed by atoms with Gasteiger partial charge in [-0.1, -0.05) is 0 Å². The summed E-state index contributed by atoms with van der Waals surface area (Å²) in [6.07, 6.45) is 1.41. The van der Waals surface area contributed by atoms with Gasteiger partial charge in [0.05, 0.1) is 28.8 Å². The second kappa shape index (κ2) is 5.70. The molecule has 1 aromatic carbocycles. The highest BCUT2D eigenvalue weighted by molar-refractivity contribution is 9.10. The van der Waals surface area contributed by atoms with E-state index in [1.165, 1.54) is 31.5 Å². The number of aromatic amines is 1. The highest BCUT2D eigenvalue weighted by Gasteiger charge is 2.19. The Morgan fingerprint density at radius 2 is 2.30 bits per heavy atom. The highest BCUT2D eigenvalue weighted by Crippen LogP contribution is 2.29. The van der Waals surface area contributed by atoms with Crippen molar-refractivity contribution < 1.29 is 14.5 Å². The number of anilines is 1. The first kappa shape index (κ1) is 14.0. The third kappa shape index (κ3) is 2.77. The first-order valence-electron chi connectivity index (χ1n) is 5.35. The fourth-order valence-corrected chi connectivity index (χ4v) is 1.88. The number of hydrogen-bond acceptors (Lipinski definition) is 5. The number of nitro groups is 1. The predicted octanol–water partition coefficient (Wildman–Crippen LogP) is 2.34. The minimum atomic E-state index is -0.597. The molecule has 0 radical (unpaired) electrons. The van der Waals surface area contributed by atoms with Crippen molar-refractivity contribution in [2.24, 2.45) is 0 Å². The molecule has 1 amide bonds. The molecule has 0 spiro atoms. The standard InChI is InChI=1S/C11H9BrN4O4/c1-20-6-2-3-8(9(4-6)16(18)19)14-11(17)10-7(12)5-13-15-10/h2-5H,1H3,(H,13,15)(H,14,17). The van der Waals surface area contributed by atoms with E-state index in [-0.39, 0.29) is 17.1 Å². The number of methoxy groups -OCH3 is 1. The number of amides is 1. The van der Waals surface area contributed by atoms with Gasteiger partial charge in [0.15, 0.2) is 0 Å². The predicted molar refractivity (Wildman–Crippen MR) is 73.9 cm³/mol. The van der Waals surface area contributed by atoms with Crippen molar-refractivity contribution in [3.63, 3.8) is 0 Å². The van der Waals surface area contributed by atoms with E-state index in [1.807, 2.05) is 0 Å². The first-order chi connectivity index (χ1) is 9.52. The second-order valence-corrected chi connectivity index (χ2v) is 4.54. The van der Waals surface area contributed by atoms with Gasteiger partial charge < -0.3 is 10.1 Å². The molecule has 2 aromatic rings. The maximum absolute atomic E-state index is 12.0. The first-order valence-corrected chi connectivity index (χ1v) is 6.15. The molecule has 0 saturated carbocycles. The van der Waals surface area contributed by atoms with Gasteiger partial charge in [0.2, 0.25) is 0 Å². The highest BCUT2D eigenvalue weighted by atomic mass is 79.9. The van der Waals surface area contributed by atoms with Crippen molar-refractivity contribution in [2.45, 2.75) is 0 Å². The summed E-state index contributed by atoms with van der Waals surface area (Å²) in [6, 6.07) is 4.15. The molecule has 1 heterocycles. The Hall–Kier alpha value is -2.42. The lowest BCUT2D eigenvalue weighted by Crippen LogP contribution is -2.14. The molecule has 9 heteroatoms. The molecule has 0 saturated heterocycles. The van der Waals surface area contributed by atoms with Crippen molar-refractivity contribution in [3.05, 3.63) is 44.7 Å². The zero-order valence-corrected chi connectivity index (χ0v) is 11.8. The lowest BCUT2D eigenvalue weighted by molar-refractivity contribution is -0.384. The third-order valence-corrected chi connectivity index (χ3v) is 3.07. The van der Waals surface area contributed by atoms with Crippen molar-refractivity contribution >= 4 is 33.2 Å². The molecule has 0 aliphatic heterocycles. The SMILES string of the molecule is COc1ccc(NC(=O)c2[nH]ncc2Br)c([N+](=O)[O-])c1. The van der Waals surface area contributed by atoms with Crippen molar-refractivity contribution in [3.8, 4) is 5.75 Å². The fourth-order valence-electron chi connectivity index (χ4n) is 1.51. The van der Waals surface area contributed by atoms with Gasteiger partial charge in [-0.25, -0.2) is 0 Å². The van der Waals surface area contributed by atoms with Crippen LogP contribution in [-0.4, -0.2) is 28.1 Å². The Morgan fingerprint density at radius 1 is 1.55 bits per heavy atom. The summed E-state index contributed by atoms with van der Waals surface area (Å²) < 4.78 is 5.38. The van der Waals surface area contributed by atoms with Crippen LogP contribution in [0.15, 0.2) is 28.9 Å². The number of aromatic nitrogens is 2. The number of nitrogens with one attached hydrogen (secondary N) is 2. The van der Waals surface area contributed by atoms with Gasteiger partial charge in [-0.3, -0.25) is 20.0 Å². The lowest BCUT2D eigenvalue weighted by Gasteiger charge is -2.06. The number of carbonyl (C=O) groups is 1. The summed E-state index contributed by atoms with van der Waals surface area (Å²) in [4.78, 5) is 22.4. The molecule has 0 aliphatic rings. The zero-order valence-electron chi connectivity index (χ0n) is 10.2. The Morgan fingerprint density at radius 3 is 2.85 bits per heavy atom. The van der Waals surface area contributed by atoms with Gasteiger partial charge in [0.1, 0.15) is 17.1 Å². The number of nitrogens with zero attached hydrogens (tertiary/aromatic N) is 2. The van der Waals surface area contributed by atoms with Gasteiger partial charge >= 0.3 is 0 Å². The molecular weight excluding hydrogens is 332 g/mol. The molecule has 0 unspecified atom stereocenters. The molecule has 2 rings (SSSR count). The topological polar surface area (TPSA) is 110 Å². The Labute approximate surface area is 121 Å². The zero-order chi connectivity index (χ0) is 14.7. The number of benzene rings is 1. The van der Waals surface area contributed by atoms with Gasteiger partial charge in [0, 0.05) is 0 Å². The van der Waals surface area contributed by atoms with Gasteiger partial charge in [-0.05, 0) is 28.1 Å². The number of carbonyl (C=O) groups excluding carboxylic acids is 1. The van der Waals surface area contributed by atoms with Crippen molar-refractivity contribution in [1.29, 1.82) is 0 Å². The molecule has 0 atom stereocenters. The molecule has 8 nitrogen and oxygen atoms in total. The molecule has 1 aromatic heterocycles. The van der Waals surface area contributed by atoms with E-state index in [0.717, 1.165) is 0 Å². The third-order valence-electron chi connectivity index (χ3n) is 2.47. The smallest absolute Gasteiger partial charge is 0.296 e. The van der Waals surface area contributed by atoms with Gasteiger partial charge in [-0.2, -0.15) is 5.10 Å². The Bertz CT molecular complexity index is 670. The van der Waals surface area contributed by atoms with E-state index >= 15 is 0 Å². The maximum Gasteiger partial charge on any atom is 0.296 e. The molecule has 0 fully saturated rings. The fraction of sp³-hybridized carbons (Fsp3) is 0.0909. The van der Waals surface area contributed by atoms with Crippen LogP contribution in [0.3, 0.4) is 0 Å². The number of hydrogen-bond donors (Lipinski definition) is 2. The van der Waals surface area contributed by atoms with E-state index in [4.69, 9.17) is 4.74 Å². The number of rotatable bonds is 4. The number of ether oxygens (including phenoxy) is 1. The molecular formula is C11H9BrN4O4. The number of halogens is 1. The average Bonchev–Trinajstić information content (AvgIpc) is 2.85. The van der Waals surface area contributed by atoms with Crippen molar-refractivity contribution in [1.82, 2.24) is 10.2 Å². The summed E-state index contributed by atoms with van der Waals surface area (Å²) in [5.74, 6) is -0.208. The van der Waals surface area contributed by atoms with Crippen LogP contribution in [-0.2, 0) is 0 Å². The van der Waals surface area contributed by atoms with Crippen LogP contribution < -0.4 is 10.1 Å². The maximum atomic E-state index is 12.0. The minimum Gasteiger partial charge on any atom is -0.496 e. The summed E-state index contributed by atoms with van der Waals surface area (Å²) in [6.45, 7) is 0. The monoisotopic (exact) mass is 340 g/mol. The van der Waals surface area contributed by atoms with Crippen LogP contribution in [0.5, 0.6) is 5.75 Å². The minimum absolute atomic E-state index is 0.0716. The van der Waals surface area contributed by atoms with Gasteiger partial charge in [-0.15, -0.1) is 0 Å². The lowest BCUT2D eigenvalue weighted by atomic mass is 10.2. The summed E-state index contributed by atoms with van der Waals surface area (Å²) >= 11 is 3.14. The second-order valence-electron chi connectivity index (χ2n) is 3.69. The number of nitro benzene ring substituents is 1. The normalized spacial score (nSPS) is 10.1. The Kier molecular flexibility index (Phi) is 3.99. The summed E-state index contributed by atoms with van der Waals surface area (Å²) in [5.41, 5.74) is -0.00856. The largest absolute Gasteiger partial charge is 0.496 e. The molecule has 0 aliphatic carbocycles. The molecule has 0 bridgehead atoms. The number of H-pyrrole nitrogens is 1.